The maximum Gasteiger partial charge on any atom is 0.328 e. The minimum atomic E-state index is -0.722. The lowest BCUT2D eigenvalue weighted by molar-refractivity contribution is -0.146. The van der Waals surface area contributed by atoms with Crippen LogP contribution in [0.15, 0.2) is 33.8 Å². The number of nitrogens with one attached hydrogen (secondary N) is 1. The van der Waals surface area contributed by atoms with Crippen molar-refractivity contribution in [2.45, 2.75) is 32.9 Å². The Kier molecular flexibility index (Phi) is 6.08. The van der Waals surface area contributed by atoms with Gasteiger partial charge in [-0.25, -0.2) is 9.78 Å². The molecule has 7 nitrogen and oxygen atoms in total. The van der Waals surface area contributed by atoms with Crippen LogP contribution in [-0.4, -0.2) is 34.1 Å². The maximum absolute atomic E-state index is 12.4. The summed E-state index contributed by atoms with van der Waals surface area (Å²) < 4.78 is 6.99. The molecule has 2 aromatic rings. The predicted molar refractivity (Wildman–Crippen MR) is 92.6 cm³/mol. The normalized spacial score (nSPS) is 12.0. The molecule has 24 heavy (non-hydrogen) atoms. The Bertz CT molecular complexity index is 819. The van der Waals surface area contributed by atoms with E-state index in [0.717, 1.165) is 4.47 Å². The molecule has 1 N–H and O–H groups in total. The summed E-state index contributed by atoms with van der Waals surface area (Å²) in [6.45, 7) is 3.68. The van der Waals surface area contributed by atoms with Gasteiger partial charge in [0, 0.05) is 17.4 Å². The highest BCUT2D eigenvalue weighted by Crippen LogP contribution is 2.14. The van der Waals surface area contributed by atoms with Crippen LogP contribution in [0.3, 0.4) is 0 Å². The fourth-order valence-electron chi connectivity index (χ4n) is 2.15. The first-order valence-corrected chi connectivity index (χ1v) is 8.32. The zero-order chi connectivity index (χ0) is 17.7. The maximum atomic E-state index is 12.4. The number of rotatable bonds is 6. The van der Waals surface area contributed by atoms with Crippen LogP contribution in [-0.2, 0) is 20.9 Å². The van der Waals surface area contributed by atoms with Crippen LogP contribution in [0.2, 0.25) is 0 Å². The second-order valence-corrected chi connectivity index (χ2v) is 6.11. The van der Waals surface area contributed by atoms with Gasteiger partial charge in [0.1, 0.15) is 6.04 Å². The molecular weight excluding hydrogens is 378 g/mol. The minimum absolute atomic E-state index is 0.0604. The topological polar surface area (TPSA) is 90.3 Å². The van der Waals surface area contributed by atoms with Crippen molar-refractivity contribution in [2.24, 2.45) is 0 Å². The molecule has 0 bridgehead atoms. The van der Waals surface area contributed by atoms with Crippen LogP contribution >= 0.6 is 15.9 Å². The standard InChI is InChI=1S/C16H18BrN3O4/c1-3-24-16(23)10(2)19-14(21)6-7-20-9-18-13-5-4-11(17)8-12(13)15(20)22/h4-5,8-10H,3,6-7H2,1-2H3,(H,19,21). The number of aryl methyl sites for hydroxylation is 1. The lowest BCUT2D eigenvalue weighted by Crippen LogP contribution is -2.40. The van der Waals surface area contributed by atoms with Gasteiger partial charge in [-0.15, -0.1) is 0 Å². The summed E-state index contributed by atoms with van der Waals surface area (Å²) in [5.41, 5.74) is 0.382. The second kappa shape index (κ2) is 8.05. The Balaban J connectivity index is 2.03. The summed E-state index contributed by atoms with van der Waals surface area (Å²) in [5.74, 6) is -0.822. The molecule has 0 fully saturated rings. The summed E-state index contributed by atoms with van der Waals surface area (Å²) >= 11 is 3.32. The summed E-state index contributed by atoms with van der Waals surface area (Å²) in [4.78, 5) is 40.0. The monoisotopic (exact) mass is 395 g/mol. The molecule has 1 heterocycles. The number of carbonyl (C=O) groups excluding carboxylic acids is 2. The number of aromatic nitrogens is 2. The van der Waals surface area contributed by atoms with E-state index in [1.54, 1.807) is 26.0 Å². The van der Waals surface area contributed by atoms with Crippen molar-refractivity contribution in [3.05, 3.63) is 39.4 Å². The zero-order valence-corrected chi connectivity index (χ0v) is 15.0. The summed E-state index contributed by atoms with van der Waals surface area (Å²) in [7, 11) is 0. The highest BCUT2D eigenvalue weighted by atomic mass is 79.9. The molecule has 0 aliphatic rings. The molecule has 1 unspecified atom stereocenters. The first-order chi connectivity index (χ1) is 11.4. The van der Waals surface area contributed by atoms with Gasteiger partial charge in [0.25, 0.3) is 5.56 Å². The van der Waals surface area contributed by atoms with Crippen molar-refractivity contribution in [3.63, 3.8) is 0 Å². The molecule has 2 rings (SSSR count). The van der Waals surface area contributed by atoms with E-state index in [0.29, 0.717) is 10.9 Å². The number of hydrogen-bond donors (Lipinski definition) is 1. The molecule has 1 atom stereocenters. The van der Waals surface area contributed by atoms with E-state index in [4.69, 9.17) is 4.74 Å². The van der Waals surface area contributed by atoms with Gasteiger partial charge in [-0.05, 0) is 32.0 Å². The molecular formula is C16H18BrN3O4. The third-order valence-electron chi connectivity index (χ3n) is 3.38. The number of amides is 1. The predicted octanol–water partition coefficient (Wildman–Crippen LogP) is 1.62. The Morgan fingerprint density at radius 3 is 2.88 bits per heavy atom. The average Bonchev–Trinajstić information content (AvgIpc) is 2.55. The van der Waals surface area contributed by atoms with Crippen LogP contribution in [0.25, 0.3) is 10.9 Å². The number of carbonyl (C=O) groups is 2. The SMILES string of the molecule is CCOC(=O)C(C)NC(=O)CCn1cnc2ccc(Br)cc2c1=O. The number of ether oxygens (including phenoxy) is 1. The van der Waals surface area contributed by atoms with Gasteiger partial charge < -0.3 is 10.1 Å². The minimum Gasteiger partial charge on any atom is -0.464 e. The second-order valence-electron chi connectivity index (χ2n) is 5.20. The van der Waals surface area contributed by atoms with Crippen LogP contribution in [0, 0.1) is 0 Å². The summed E-state index contributed by atoms with van der Waals surface area (Å²) in [6.07, 6.45) is 1.48. The Morgan fingerprint density at radius 2 is 2.17 bits per heavy atom. The van der Waals surface area contributed by atoms with Crippen LogP contribution < -0.4 is 10.9 Å². The first kappa shape index (κ1) is 18.1. The van der Waals surface area contributed by atoms with Gasteiger partial charge in [-0.1, -0.05) is 15.9 Å². The van der Waals surface area contributed by atoms with E-state index in [9.17, 15) is 14.4 Å². The number of esters is 1. The fraction of sp³-hybridized carbons (Fsp3) is 0.375. The number of hydrogen-bond acceptors (Lipinski definition) is 5. The molecule has 1 aromatic heterocycles. The largest absolute Gasteiger partial charge is 0.464 e. The van der Waals surface area contributed by atoms with E-state index < -0.39 is 12.0 Å². The molecule has 128 valence electrons. The Labute approximate surface area is 147 Å². The van der Waals surface area contributed by atoms with Crippen molar-refractivity contribution in [1.29, 1.82) is 0 Å². The third-order valence-corrected chi connectivity index (χ3v) is 3.88. The Hall–Kier alpha value is -2.22. The quantitative estimate of drug-likeness (QED) is 0.750. The average molecular weight is 396 g/mol. The molecule has 0 saturated carbocycles. The zero-order valence-electron chi connectivity index (χ0n) is 13.4. The van der Waals surface area contributed by atoms with Gasteiger partial charge in [-0.2, -0.15) is 0 Å². The highest BCUT2D eigenvalue weighted by molar-refractivity contribution is 9.10. The number of halogens is 1. The molecule has 0 aliphatic heterocycles. The van der Waals surface area contributed by atoms with E-state index in [2.05, 4.69) is 26.2 Å². The molecule has 8 heteroatoms. The lowest BCUT2D eigenvalue weighted by atomic mass is 10.2. The van der Waals surface area contributed by atoms with Gasteiger partial charge in [0.15, 0.2) is 0 Å². The van der Waals surface area contributed by atoms with Crippen LogP contribution in [0.1, 0.15) is 20.3 Å². The van der Waals surface area contributed by atoms with Crippen LogP contribution in [0.5, 0.6) is 0 Å². The van der Waals surface area contributed by atoms with E-state index in [-0.39, 0.29) is 31.0 Å². The van der Waals surface area contributed by atoms with Gasteiger partial charge in [0.05, 0.1) is 23.8 Å². The van der Waals surface area contributed by atoms with E-state index in [1.807, 2.05) is 6.07 Å². The fourth-order valence-corrected chi connectivity index (χ4v) is 2.51. The van der Waals surface area contributed by atoms with Crippen LogP contribution in [0.4, 0.5) is 0 Å². The molecule has 1 aromatic carbocycles. The molecule has 1 amide bonds. The van der Waals surface area contributed by atoms with Crippen molar-refractivity contribution in [3.8, 4) is 0 Å². The Morgan fingerprint density at radius 1 is 1.42 bits per heavy atom. The highest BCUT2D eigenvalue weighted by Gasteiger charge is 2.16. The molecule has 0 saturated heterocycles. The van der Waals surface area contributed by atoms with Crippen molar-refractivity contribution in [1.82, 2.24) is 14.9 Å². The number of nitrogens with zero attached hydrogens (tertiary/aromatic N) is 2. The smallest absolute Gasteiger partial charge is 0.328 e. The first-order valence-electron chi connectivity index (χ1n) is 7.53. The molecule has 0 radical (unpaired) electrons. The molecule has 0 spiro atoms. The lowest BCUT2D eigenvalue weighted by Gasteiger charge is -2.13. The van der Waals surface area contributed by atoms with E-state index >= 15 is 0 Å². The summed E-state index contributed by atoms with van der Waals surface area (Å²) in [6, 6.07) is 4.53. The van der Waals surface area contributed by atoms with Gasteiger partial charge in [0.2, 0.25) is 5.91 Å². The number of fused-ring (bicyclic) bond motifs is 1. The van der Waals surface area contributed by atoms with Crippen molar-refractivity contribution >= 4 is 38.7 Å². The molecule has 0 aliphatic carbocycles. The summed E-state index contributed by atoms with van der Waals surface area (Å²) in [5, 5.41) is 3.02. The third kappa shape index (κ3) is 4.41. The van der Waals surface area contributed by atoms with Gasteiger partial charge >= 0.3 is 5.97 Å². The van der Waals surface area contributed by atoms with E-state index in [1.165, 1.54) is 10.9 Å². The van der Waals surface area contributed by atoms with Crippen molar-refractivity contribution in [2.75, 3.05) is 6.61 Å². The van der Waals surface area contributed by atoms with Crippen molar-refractivity contribution < 1.29 is 14.3 Å². The number of benzene rings is 1. The van der Waals surface area contributed by atoms with Gasteiger partial charge in [-0.3, -0.25) is 14.2 Å².